The molecule has 3 nitrogen and oxygen atoms in total. The molecule has 2 aromatic carbocycles. The van der Waals surface area contributed by atoms with E-state index >= 15 is 0 Å². The van der Waals surface area contributed by atoms with E-state index in [2.05, 4.69) is 50.2 Å². The van der Waals surface area contributed by atoms with Gasteiger partial charge in [0.05, 0.1) is 11.4 Å². The first-order valence-corrected chi connectivity index (χ1v) is 10.8. The third kappa shape index (κ3) is 3.24. The maximum atomic E-state index is 6.13. The monoisotopic (exact) mass is 401 g/mol. The lowest BCUT2D eigenvalue weighted by Crippen LogP contribution is -2.05. The molecule has 0 spiro atoms. The summed E-state index contributed by atoms with van der Waals surface area (Å²) in [7, 11) is 0. The molecule has 0 radical (unpaired) electrons. The van der Waals surface area contributed by atoms with E-state index in [4.69, 9.17) is 21.7 Å². The average molecular weight is 402 g/mol. The van der Waals surface area contributed by atoms with E-state index in [1.165, 1.54) is 47.9 Å². The van der Waals surface area contributed by atoms with E-state index in [-0.39, 0.29) is 0 Å². The summed E-state index contributed by atoms with van der Waals surface area (Å²) in [6.07, 6.45) is 5.85. The Bertz CT molecular complexity index is 1210. The van der Waals surface area contributed by atoms with E-state index in [1.807, 2.05) is 16.6 Å². The van der Waals surface area contributed by atoms with Crippen molar-refractivity contribution in [3.05, 3.63) is 75.9 Å². The van der Waals surface area contributed by atoms with E-state index in [0.717, 1.165) is 39.7 Å². The van der Waals surface area contributed by atoms with Crippen LogP contribution >= 0.6 is 11.6 Å². The summed E-state index contributed by atoms with van der Waals surface area (Å²) in [6, 6.07) is 16.9. The van der Waals surface area contributed by atoms with Crippen LogP contribution in [0.3, 0.4) is 0 Å². The Morgan fingerprint density at radius 1 is 0.931 bits per heavy atom. The van der Waals surface area contributed by atoms with Crippen LogP contribution in [-0.4, -0.2) is 14.6 Å². The first kappa shape index (κ1) is 18.4. The standard InChI is InChI=1S/C25H24ClN3/c1-3-22-16(2)27-24-15-23(20-9-8-17-6-4-5-7-19(17)14-20)28-29(24)25(22)18-10-12-21(26)13-11-18/h8-15H,3-7H2,1-2H3. The maximum absolute atomic E-state index is 6.13. The second-order valence-electron chi connectivity index (χ2n) is 7.87. The van der Waals surface area contributed by atoms with Crippen molar-refractivity contribution < 1.29 is 0 Å². The van der Waals surface area contributed by atoms with Crippen molar-refractivity contribution in [3.8, 4) is 22.5 Å². The van der Waals surface area contributed by atoms with Crippen LogP contribution in [0.1, 0.15) is 42.1 Å². The van der Waals surface area contributed by atoms with Crippen molar-refractivity contribution in [3.63, 3.8) is 0 Å². The van der Waals surface area contributed by atoms with Crippen LogP contribution in [-0.2, 0) is 19.3 Å². The van der Waals surface area contributed by atoms with Crippen LogP contribution in [0, 0.1) is 6.92 Å². The summed E-state index contributed by atoms with van der Waals surface area (Å²) in [5.41, 5.74) is 10.5. The number of benzene rings is 2. The van der Waals surface area contributed by atoms with E-state index < -0.39 is 0 Å². The predicted molar refractivity (Wildman–Crippen MR) is 120 cm³/mol. The van der Waals surface area contributed by atoms with Gasteiger partial charge >= 0.3 is 0 Å². The number of hydrogen-bond acceptors (Lipinski definition) is 2. The van der Waals surface area contributed by atoms with Crippen LogP contribution in [0.4, 0.5) is 0 Å². The molecule has 0 unspecified atom stereocenters. The quantitative estimate of drug-likeness (QED) is 0.394. The van der Waals surface area contributed by atoms with Gasteiger partial charge in [0.2, 0.25) is 0 Å². The lowest BCUT2D eigenvalue weighted by atomic mass is 9.90. The molecule has 146 valence electrons. The third-order valence-electron chi connectivity index (χ3n) is 6.02. The van der Waals surface area contributed by atoms with Gasteiger partial charge in [-0.1, -0.05) is 42.8 Å². The molecule has 0 amide bonds. The fourth-order valence-corrected chi connectivity index (χ4v) is 4.64. The van der Waals surface area contributed by atoms with Gasteiger partial charge in [0.25, 0.3) is 0 Å². The number of aryl methyl sites for hydroxylation is 3. The summed E-state index contributed by atoms with van der Waals surface area (Å²) in [5.74, 6) is 0. The van der Waals surface area contributed by atoms with Crippen molar-refractivity contribution in [2.75, 3.05) is 0 Å². The zero-order valence-electron chi connectivity index (χ0n) is 16.9. The Balaban J connectivity index is 1.71. The Morgan fingerprint density at radius 3 is 2.41 bits per heavy atom. The number of aromatic nitrogens is 3. The number of hydrogen-bond donors (Lipinski definition) is 0. The molecule has 0 bridgehead atoms. The minimum absolute atomic E-state index is 0.740. The molecular weight excluding hydrogens is 378 g/mol. The molecule has 2 heterocycles. The second kappa shape index (κ2) is 7.31. The summed E-state index contributed by atoms with van der Waals surface area (Å²) >= 11 is 6.13. The molecule has 0 saturated heterocycles. The van der Waals surface area contributed by atoms with Gasteiger partial charge in [-0.15, -0.1) is 0 Å². The molecule has 5 rings (SSSR count). The predicted octanol–water partition coefficient (Wildman–Crippen LogP) is 6.47. The molecule has 0 N–H and O–H groups in total. The van der Waals surface area contributed by atoms with Gasteiger partial charge in [0, 0.05) is 27.9 Å². The van der Waals surface area contributed by atoms with Gasteiger partial charge < -0.3 is 0 Å². The molecule has 4 heteroatoms. The van der Waals surface area contributed by atoms with Crippen molar-refractivity contribution >= 4 is 17.2 Å². The van der Waals surface area contributed by atoms with Gasteiger partial charge in [0.1, 0.15) is 0 Å². The average Bonchev–Trinajstić information content (AvgIpc) is 3.16. The maximum Gasteiger partial charge on any atom is 0.156 e. The van der Waals surface area contributed by atoms with Gasteiger partial charge in [-0.2, -0.15) is 5.10 Å². The van der Waals surface area contributed by atoms with E-state index in [0.29, 0.717) is 0 Å². The molecule has 1 aliphatic carbocycles. The molecule has 4 aromatic rings. The van der Waals surface area contributed by atoms with Gasteiger partial charge in [0.15, 0.2) is 5.65 Å². The first-order chi connectivity index (χ1) is 14.1. The highest BCUT2D eigenvalue weighted by Crippen LogP contribution is 2.31. The van der Waals surface area contributed by atoms with Crippen molar-refractivity contribution in [2.24, 2.45) is 0 Å². The highest BCUT2D eigenvalue weighted by molar-refractivity contribution is 6.30. The fourth-order valence-electron chi connectivity index (χ4n) is 4.52. The van der Waals surface area contributed by atoms with Crippen LogP contribution < -0.4 is 0 Å². The minimum atomic E-state index is 0.740. The largest absolute Gasteiger partial charge is 0.234 e. The summed E-state index contributed by atoms with van der Waals surface area (Å²) < 4.78 is 2.00. The van der Waals surface area contributed by atoms with Crippen LogP contribution in [0.5, 0.6) is 0 Å². The molecule has 0 fully saturated rings. The van der Waals surface area contributed by atoms with Gasteiger partial charge in [-0.3, -0.25) is 0 Å². The topological polar surface area (TPSA) is 30.2 Å². The normalized spacial score (nSPS) is 13.6. The first-order valence-electron chi connectivity index (χ1n) is 10.4. The number of rotatable bonds is 3. The van der Waals surface area contributed by atoms with Crippen molar-refractivity contribution in [1.82, 2.24) is 14.6 Å². The van der Waals surface area contributed by atoms with Crippen molar-refractivity contribution in [2.45, 2.75) is 46.0 Å². The Morgan fingerprint density at radius 2 is 1.66 bits per heavy atom. The summed E-state index contributed by atoms with van der Waals surface area (Å²) in [5, 5.41) is 5.74. The lowest BCUT2D eigenvalue weighted by molar-refractivity contribution is 0.686. The summed E-state index contributed by atoms with van der Waals surface area (Å²) in [6.45, 7) is 4.26. The van der Waals surface area contributed by atoms with E-state index in [1.54, 1.807) is 0 Å². The minimum Gasteiger partial charge on any atom is -0.234 e. The smallest absolute Gasteiger partial charge is 0.156 e. The van der Waals surface area contributed by atoms with Crippen LogP contribution in [0.25, 0.3) is 28.2 Å². The Labute approximate surface area is 176 Å². The highest BCUT2D eigenvalue weighted by Gasteiger charge is 2.17. The van der Waals surface area contributed by atoms with E-state index in [9.17, 15) is 0 Å². The second-order valence-corrected chi connectivity index (χ2v) is 8.31. The number of nitrogens with zero attached hydrogens (tertiary/aromatic N) is 3. The molecule has 0 saturated carbocycles. The molecule has 0 atom stereocenters. The SMILES string of the molecule is CCc1c(C)nc2cc(-c3ccc4c(c3)CCCC4)nn2c1-c1ccc(Cl)cc1. The molecule has 2 aromatic heterocycles. The number of fused-ring (bicyclic) bond motifs is 2. The Kier molecular flexibility index (Phi) is 4.63. The summed E-state index contributed by atoms with van der Waals surface area (Å²) in [4.78, 5) is 4.86. The van der Waals surface area contributed by atoms with Crippen molar-refractivity contribution in [1.29, 1.82) is 0 Å². The zero-order chi connectivity index (χ0) is 20.0. The molecule has 0 aliphatic heterocycles. The van der Waals surface area contributed by atoms with Gasteiger partial charge in [-0.05, 0) is 73.9 Å². The van der Waals surface area contributed by atoms with Crippen LogP contribution in [0.15, 0.2) is 48.5 Å². The molecular formula is C25H24ClN3. The lowest BCUT2D eigenvalue weighted by Gasteiger charge is -2.16. The highest BCUT2D eigenvalue weighted by atomic mass is 35.5. The zero-order valence-corrected chi connectivity index (χ0v) is 17.6. The third-order valence-corrected chi connectivity index (χ3v) is 6.27. The van der Waals surface area contributed by atoms with Gasteiger partial charge in [-0.25, -0.2) is 9.50 Å². The van der Waals surface area contributed by atoms with Crippen LogP contribution in [0.2, 0.25) is 5.02 Å². The number of halogens is 1. The Hall–Kier alpha value is -2.65. The molecule has 1 aliphatic rings. The fraction of sp³-hybridized carbons (Fsp3) is 0.280. The molecule has 29 heavy (non-hydrogen) atoms.